The number of halogens is 2. The molecule has 2 aromatic rings. The summed E-state index contributed by atoms with van der Waals surface area (Å²) in [5, 5.41) is 5.49. The quantitative estimate of drug-likeness (QED) is 0.742. The molecule has 0 atom stereocenters. The van der Waals surface area contributed by atoms with Crippen molar-refractivity contribution in [1.29, 1.82) is 0 Å². The standard InChI is InChI=1S/C21H23F2N3O3/c22-20(23)29-18-8-4-3-7-17(18)19(27)24-15-9-11-16(12-10-15)25-21(28)26-13-5-1-2-6-14-26/h3-4,7-12,20H,1-2,5-6,13-14H2,(H,24,27)(H,25,28). The zero-order chi connectivity index (χ0) is 20.6. The van der Waals surface area contributed by atoms with Gasteiger partial charge in [0, 0.05) is 24.5 Å². The zero-order valence-electron chi connectivity index (χ0n) is 15.9. The van der Waals surface area contributed by atoms with E-state index in [9.17, 15) is 18.4 Å². The normalized spacial score (nSPS) is 14.2. The van der Waals surface area contributed by atoms with E-state index in [1.807, 2.05) is 4.90 Å². The Balaban J connectivity index is 1.60. The van der Waals surface area contributed by atoms with Crippen LogP contribution in [0.25, 0.3) is 0 Å². The van der Waals surface area contributed by atoms with Gasteiger partial charge in [0.2, 0.25) is 0 Å². The third-order valence-electron chi connectivity index (χ3n) is 4.64. The molecule has 6 nitrogen and oxygen atoms in total. The van der Waals surface area contributed by atoms with Crippen molar-refractivity contribution in [3.63, 3.8) is 0 Å². The van der Waals surface area contributed by atoms with Crippen LogP contribution in [0.15, 0.2) is 48.5 Å². The summed E-state index contributed by atoms with van der Waals surface area (Å²) in [5.41, 5.74) is 1.08. The fourth-order valence-corrected chi connectivity index (χ4v) is 3.16. The van der Waals surface area contributed by atoms with Crippen LogP contribution in [-0.2, 0) is 0 Å². The number of benzene rings is 2. The highest BCUT2D eigenvalue weighted by molar-refractivity contribution is 6.06. The summed E-state index contributed by atoms with van der Waals surface area (Å²) in [4.78, 5) is 26.6. The van der Waals surface area contributed by atoms with Gasteiger partial charge >= 0.3 is 12.6 Å². The third kappa shape index (κ3) is 5.91. The summed E-state index contributed by atoms with van der Waals surface area (Å²) in [6, 6.07) is 12.3. The van der Waals surface area contributed by atoms with Crippen LogP contribution in [0.4, 0.5) is 25.0 Å². The van der Waals surface area contributed by atoms with Crippen molar-refractivity contribution >= 4 is 23.3 Å². The number of ether oxygens (including phenoxy) is 1. The lowest BCUT2D eigenvalue weighted by Gasteiger charge is -2.20. The van der Waals surface area contributed by atoms with Crippen LogP contribution in [-0.4, -0.2) is 36.5 Å². The number of nitrogens with one attached hydrogen (secondary N) is 2. The second-order valence-corrected chi connectivity index (χ2v) is 6.74. The summed E-state index contributed by atoms with van der Waals surface area (Å²) >= 11 is 0. The van der Waals surface area contributed by atoms with E-state index in [1.54, 1.807) is 30.3 Å². The smallest absolute Gasteiger partial charge is 0.387 e. The number of nitrogens with zero attached hydrogens (tertiary/aromatic N) is 1. The Kier molecular flexibility index (Phi) is 6.99. The molecule has 2 N–H and O–H groups in total. The van der Waals surface area contributed by atoms with Crippen molar-refractivity contribution in [3.05, 3.63) is 54.1 Å². The summed E-state index contributed by atoms with van der Waals surface area (Å²) in [6.07, 6.45) is 4.30. The highest BCUT2D eigenvalue weighted by atomic mass is 19.3. The van der Waals surface area contributed by atoms with Gasteiger partial charge in [-0.1, -0.05) is 25.0 Å². The van der Waals surface area contributed by atoms with Crippen molar-refractivity contribution in [2.24, 2.45) is 0 Å². The average molecular weight is 403 g/mol. The minimum absolute atomic E-state index is 0.00587. The van der Waals surface area contributed by atoms with Crippen LogP contribution in [0.2, 0.25) is 0 Å². The van der Waals surface area contributed by atoms with Crippen molar-refractivity contribution in [2.75, 3.05) is 23.7 Å². The fraction of sp³-hybridized carbons (Fsp3) is 0.333. The van der Waals surface area contributed by atoms with E-state index in [1.165, 1.54) is 18.2 Å². The maximum absolute atomic E-state index is 12.5. The number of anilines is 2. The van der Waals surface area contributed by atoms with Crippen LogP contribution in [0.5, 0.6) is 5.75 Å². The van der Waals surface area contributed by atoms with Gasteiger partial charge in [0.1, 0.15) is 5.75 Å². The molecule has 3 rings (SSSR count). The number of alkyl halides is 2. The Morgan fingerprint density at radius 3 is 2.07 bits per heavy atom. The van der Waals surface area contributed by atoms with Crippen LogP contribution in [0.1, 0.15) is 36.0 Å². The third-order valence-corrected chi connectivity index (χ3v) is 4.64. The monoisotopic (exact) mass is 403 g/mol. The van der Waals surface area contributed by atoms with Crippen LogP contribution in [0, 0.1) is 0 Å². The predicted molar refractivity (Wildman–Crippen MR) is 107 cm³/mol. The molecule has 3 amide bonds. The van der Waals surface area contributed by atoms with E-state index < -0.39 is 12.5 Å². The summed E-state index contributed by atoms with van der Waals surface area (Å²) in [5.74, 6) is -0.760. The molecule has 8 heteroatoms. The molecule has 2 aromatic carbocycles. The maximum Gasteiger partial charge on any atom is 0.387 e. The lowest BCUT2D eigenvalue weighted by atomic mass is 10.2. The number of urea groups is 1. The molecule has 0 bridgehead atoms. The van der Waals surface area contributed by atoms with Gasteiger partial charge < -0.3 is 20.3 Å². The van der Waals surface area contributed by atoms with Gasteiger partial charge in [-0.2, -0.15) is 8.78 Å². The van der Waals surface area contributed by atoms with Crippen molar-refractivity contribution in [3.8, 4) is 5.75 Å². The van der Waals surface area contributed by atoms with Gasteiger partial charge in [-0.3, -0.25) is 4.79 Å². The van der Waals surface area contributed by atoms with E-state index in [0.717, 1.165) is 38.8 Å². The number of likely N-dealkylation sites (tertiary alicyclic amines) is 1. The number of hydrogen-bond acceptors (Lipinski definition) is 3. The van der Waals surface area contributed by atoms with Crippen molar-refractivity contribution in [1.82, 2.24) is 4.90 Å². The van der Waals surface area contributed by atoms with Gasteiger partial charge in [0.05, 0.1) is 5.56 Å². The second-order valence-electron chi connectivity index (χ2n) is 6.74. The minimum Gasteiger partial charge on any atom is -0.434 e. The largest absolute Gasteiger partial charge is 0.434 e. The van der Waals surface area contributed by atoms with Crippen LogP contribution >= 0.6 is 0 Å². The maximum atomic E-state index is 12.5. The second kappa shape index (κ2) is 9.86. The molecule has 1 fully saturated rings. The lowest BCUT2D eigenvalue weighted by Crippen LogP contribution is -2.35. The first-order valence-electron chi connectivity index (χ1n) is 9.54. The summed E-state index contributed by atoms with van der Waals surface area (Å²) in [6.45, 7) is -1.52. The Bertz CT molecular complexity index is 835. The molecular formula is C21H23F2N3O3. The Hall–Kier alpha value is -3.16. The Labute approximate surface area is 167 Å². The van der Waals surface area contributed by atoms with Gasteiger partial charge in [-0.05, 0) is 49.2 Å². The van der Waals surface area contributed by atoms with Crippen LogP contribution < -0.4 is 15.4 Å². The first-order chi connectivity index (χ1) is 14.0. The minimum atomic E-state index is -3.02. The topological polar surface area (TPSA) is 70.7 Å². The van der Waals surface area contributed by atoms with E-state index in [2.05, 4.69) is 15.4 Å². The number of hydrogen-bond donors (Lipinski definition) is 2. The van der Waals surface area contributed by atoms with E-state index in [-0.39, 0.29) is 17.3 Å². The van der Waals surface area contributed by atoms with Crippen molar-refractivity contribution in [2.45, 2.75) is 32.3 Å². The Morgan fingerprint density at radius 2 is 1.45 bits per heavy atom. The summed E-state index contributed by atoms with van der Waals surface area (Å²) in [7, 11) is 0. The highest BCUT2D eigenvalue weighted by Gasteiger charge is 2.17. The molecule has 1 aliphatic heterocycles. The zero-order valence-corrected chi connectivity index (χ0v) is 15.9. The van der Waals surface area contributed by atoms with Crippen LogP contribution in [0.3, 0.4) is 0 Å². The molecule has 0 aromatic heterocycles. The first-order valence-corrected chi connectivity index (χ1v) is 9.54. The molecule has 1 heterocycles. The molecular weight excluding hydrogens is 380 g/mol. The molecule has 1 saturated heterocycles. The van der Waals surface area contributed by atoms with E-state index in [4.69, 9.17) is 0 Å². The summed E-state index contributed by atoms with van der Waals surface area (Å²) < 4.78 is 29.4. The molecule has 1 aliphatic rings. The molecule has 0 radical (unpaired) electrons. The number of carbonyl (C=O) groups is 2. The SMILES string of the molecule is O=C(Nc1ccc(NC(=O)N2CCCCCC2)cc1)c1ccccc1OC(F)F. The van der Waals surface area contributed by atoms with Crippen molar-refractivity contribution < 1.29 is 23.1 Å². The van der Waals surface area contributed by atoms with Gasteiger partial charge in [-0.15, -0.1) is 0 Å². The number of rotatable bonds is 5. The molecule has 0 spiro atoms. The number of amides is 3. The van der Waals surface area contributed by atoms with E-state index >= 15 is 0 Å². The molecule has 0 unspecified atom stereocenters. The Morgan fingerprint density at radius 1 is 0.862 bits per heavy atom. The lowest BCUT2D eigenvalue weighted by molar-refractivity contribution is -0.0501. The fourth-order valence-electron chi connectivity index (χ4n) is 3.16. The molecule has 29 heavy (non-hydrogen) atoms. The molecule has 154 valence electrons. The number of para-hydroxylation sites is 1. The molecule has 0 saturated carbocycles. The highest BCUT2D eigenvalue weighted by Crippen LogP contribution is 2.22. The van der Waals surface area contributed by atoms with Gasteiger partial charge in [-0.25, -0.2) is 4.79 Å². The average Bonchev–Trinajstić information content (AvgIpc) is 2.99. The first kappa shape index (κ1) is 20.6. The molecule has 0 aliphatic carbocycles. The van der Waals surface area contributed by atoms with E-state index in [0.29, 0.717) is 11.4 Å². The number of carbonyl (C=O) groups excluding carboxylic acids is 2. The predicted octanol–water partition coefficient (Wildman–Crippen LogP) is 4.95. The van der Waals surface area contributed by atoms with Gasteiger partial charge in [0.25, 0.3) is 5.91 Å². The van der Waals surface area contributed by atoms with Gasteiger partial charge in [0.15, 0.2) is 0 Å².